The number of aliphatic carboxylic acids is 1. The van der Waals surface area contributed by atoms with Gasteiger partial charge in [0, 0.05) is 24.7 Å². The highest BCUT2D eigenvalue weighted by atomic mass is 35.5. The van der Waals surface area contributed by atoms with Crippen molar-refractivity contribution in [3.63, 3.8) is 0 Å². The van der Waals surface area contributed by atoms with Crippen molar-refractivity contribution in [2.45, 2.75) is 31.8 Å². The van der Waals surface area contributed by atoms with E-state index in [0.717, 1.165) is 6.07 Å². The van der Waals surface area contributed by atoms with Crippen molar-refractivity contribution < 1.29 is 28.6 Å². The Labute approximate surface area is 200 Å². The van der Waals surface area contributed by atoms with E-state index in [9.17, 15) is 18.8 Å². The SMILES string of the molecule is O=C(NCCNC(=O)c1ccc(O[C@H]2CC[C@@H](C(=O)O)CC2)cc1F)c1ccc(Cl)c(Cl)c1. The minimum atomic E-state index is -0.802. The highest BCUT2D eigenvalue weighted by Crippen LogP contribution is 2.28. The van der Waals surface area contributed by atoms with Crippen molar-refractivity contribution in [1.82, 2.24) is 10.6 Å². The number of nitrogens with one attached hydrogen (secondary N) is 2. The molecule has 3 rings (SSSR count). The van der Waals surface area contributed by atoms with Gasteiger partial charge in [0.2, 0.25) is 0 Å². The molecule has 0 aromatic heterocycles. The second kappa shape index (κ2) is 11.3. The molecule has 1 fully saturated rings. The van der Waals surface area contributed by atoms with Crippen LogP contribution in [0.2, 0.25) is 10.0 Å². The molecule has 0 bridgehead atoms. The molecule has 2 aromatic carbocycles. The molecule has 0 radical (unpaired) electrons. The van der Waals surface area contributed by atoms with Gasteiger partial charge in [-0.1, -0.05) is 23.2 Å². The molecule has 3 N–H and O–H groups in total. The zero-order chi connectivity index (χ0) is 24.0. The lowest BCUT2D eigenvalue weighted by Gasteiger charge is -2.26. The van der Waals surface area contributed by atoms with Crippen LogP contribution in [0.15, 0.2) is 36.4 Å². The van der Waals surface area contributed by atoms with Gasteiger partial charge in [-0.05, 0) is 56.0 Å². The van der Waals surface area contributed by atoms with Gasteiger partial charge in [-0.2, -0.15) is 0 Å². The van der Waals surface area contributed by atoms with E-state index in [-0.39, 0.29) is 47.4 Å². The van der Waals surface area contributed by atoms with Crippen LogP contribution in [0.4, 0.5) is 4.39 Å². The molecule has 1 aliphatic carbocycles. The lowest BCUT2D eigenvalue weighted by molar-refractivity contribution is -0.143. The first-order chi connectivity index (χ1) is 15.7. The van der Waals surface area contributed by atoms with Gasteiger partial charge in [0.05, 0.1) is 27.6 Å². The number of halogens is 3. The Balaban J connectivity index is 1.45. The summed E-state index contributed by atoms with van der Waals surface area (Å²) in [5.41, 5.74) is 0.182. The van der Waals surface area contributed by atoms with E-state index in [1.165, 1.54) is 30.3 Å². The highest BCUT2D eigenvalue weighted by molar-refractivity contribution is 6.42. The Morgan fingerprint density at radius 3 is 2.21 bits per heavy atom. The van der Waals surface area contributed by atoms with Gasteiger partial charge in [-0.3, -0.25) is 14.4 Å². The number of carboxylic acids is 1. The maximum absolute atomic E-state index is 14.4. The fourth-order valence-corrected chi connectivity index (χ4v) is 3.86. The van der Waals surface area contributed by atoms with Crippen LogP contribution in [0.5, 0.6) is 5.75 Å². The van der Waals surface area contributed by atoms with Crippen LogP contribution in [0.3, 0.4) is 0 Å². The zero-order valence-electron chi connectivity index (χ0n) is 17.6. The summed E-state index contributed by atoms with van der Waals surface area (Å²) in [7, 11) is 0. The van der Waals surface area contributed by atoms with Crippen LogP contribution in [-0.2, 0) is 4.79 Å². The molecule has 2 amide bonds. The molecule has 7 nitrogen and oxygen atoms in total. The second-order valence-electron chi connectivity index (χ2n) is 7.71. The second-order valence-corrected chi connectivity index (χ2v) is 8.53. The number of ether oxygens (including phenoxy) is 1. The Kier molecular flexibility index (Phi) is 8.52. The summed E-state index contributed by atoms with van der Waals surface area (Å²) in [6.45, 7) is 0.225. The van der Waals surface area contributed by atoms with Crippen LogP contribution < -0.4 is 15.4 Å². The topological polar surface area (TPSA) is 105 Å². The molecule has 1 saturated carbocycles. The molecular formula is C23H23Cl2FN2O5. The van der Waals surface area contributed by atoms with Crippen molar-refractivity contribution in [1.29, 1.82) is 0 Å². The third kappa shape index (κ3) is 6.82. The Morgan fingerprint density at radius 2 is 1.61 bits per heavy atom. The number of carbonyl (C=O) groups is 3. The minimum Gasteiger partial charge on any atom is -0.490 e. The van der Waals surface area contributed by atoms with E-state index >= 15 is 0 Å². The largest absolute Gasteiger partial charge is 0.490 e. The van der Waals surface area contributed by atoms with Crippen molar-refractivity contribution in [2.75, 3.05) is 13.1 Å². The van der Waals surface area contributed by atoms with E-state index in [1.54, 1.807) is 0 Å². The fraction of sp³-hybridized carbons (Fsp3) is 0.348. The van der Waals surface area contributed by atoms with Gasteiger partial charge in [-0.15, -0.1) is 0 Å². The lowest BCUT2D eigenvalue weighted by atomic mass is 9.87. The minimum absolute atomic E-state index is 0.0937. The first-order valence-corrected chi connectivity index (χ1v) is 11.2. The molecule has 0 atom stereocenters. The summed E-state index contributed by atoms with van der Waals surface area (Å²) in [5, 5.41) is 14.8. The van der Waals surface area contributed by atoms with Gasteiger partial charge in [0.25, 0.3) is 11.8 Å². The third-order valence-electron chi connectivity index (χ3n) is 5.39. The molecule has 0 heterocycles. The summed E-state index contributed by atoms with van der Waals surface area (Å²) in [5.74, 6) is -2.61. The number of amides is 2. The molecule has 2 aromatic rings. The van der Waals surface area contributed by atoms with Crippen LogP contribution in [0, 0.1) is 11.7 Å². The van der Waals surface area contributed by atoms with E-state index in [1.807, 2.05) is 0 Å². The normalized spacial score (nSPS) is 17.8. The smallest absolute Gasteiger partial charge is 0.306 e. The number of benzene rings is 2. The zero-order valence-corrected chi connectivity index (χ0v) is 19.1. The third-order valence-corrected chi connectivity index (χ3v) is 6.13. The summed E-state index contributed by atoms with van der Waals surface area (Å²) in [4.78, 5) is 35.4. The van der Waals surface area contributed by atoms with Crippen molar-refractivity contribution in [3.8, 4) is 5.75 Å². The summed E-state index contributed by atoms with van der Waals surface area (Å²) in [6.07, 6.45) is 2.01. The monoisotopic (exact) mass is 496 g/mol. The Hall–Kier alpha value is -2.84. The van der Waals surface area contributed by atoms with E-state index in [2.05, 4.69) is 10.6 Å². The van der Waals surface area contributed by atoms with Crippen molar-refractivity contribution in [3.05, 3.63) is 63.4 Å². The van der Waals surface area contributed by atoms with E-state index in [4.69, 9.17) is 33.0 Å². The molecule has 0 aliphatic heterocycles. The first kappa shape index (κ1) is 24.8. The summed E-state index contributed by atoms with van der Waals surface area (Å²) in [6, 6.07) is 8.46. The molecule has 33 heavy (non-hydrogen) atoms. The maximum Gasteiger partial charge on any atom is 0.306 e. The highest BCUT2D eigenvalue weighted by Gasteiger charge is 2.27. The molecular weight excluding hydrogens is 474 g/mol. The Morgan fingerprint density at radius 1 is 0.939 bits per heavy atom. The Bertz CT molecular complexity index is 1040. The van der Waals surface area contributed by atoms with Crippen LogP contribution >= 0.6 is 23.2 Å². The summed E-state index contributed by atoms with van der Waals surface area (Å²) >= 11 is 11.7. The van der Waals surface area contributed by atoms with Gasteiger partial charge in [0.1, 0.15) is 11.6 Å². The number of carboxylic acid groups (broad SMARTS) is 1. The van der Waals surface area contributed by atoms with Crippen LogP contribution in [-0.4, -0.2) is 42.1 Å². The predicted octanol–water partition coefficient (Wildman–Crippen LogP) is 4.31. The van der Waals surface area contributed by atoms with Gasteiger partial charge >= 0.3 is 5.97 Å². The summed E-state index contributed by atoms with van der Waals surface area (Å²) < 4.78 is 20.2. The number of hydrogen-bond donors (Lipinski definition) is 3. The first-order valence-electron chi connectivity index (χ1n) is 10.4. The molecule has 176 valence electrons. The molecule has 0 spiro atoms. The van der Waals surface area contributed by atoms with Crippen molar-refractivity contribution in [2.24, 2.45) is 5.92 Å². The molecule has 0 unspecified atom stereocenters. The fourth-order valence-electron chi connectivity index (χ4n) is 3.56. The molecule has 1 aliphatic rings. The standard InChI is InChI=1S/C23H23Cl2FN2O5/c24-18-8-3-14(11-19(18)25)21(29)27-9-10-28-22(30)17-7-6-16(12-20(17)26)33-15-4-1-13(2-5-15)23(31)32/h3,6-8,11-13,15H,1-2,4-5,9-10H2,(H,27,29)(H,28,30)(H,31,32)/t13-,15+. The van der Waals surface area contributed by atoms with Gasteiger partial charge < -0.3 is 20.5 Å². The number of carbonyl (C=O) groups excluding carboxylic acids is 2. The number of rotatable bonds is 8. The quantitative estimate of drug-likeness (QED) is 0.472. The van der Waals surface area contributed by atoms with E-state index < -0.39 is 17.7 Å². The van der Waals surface area contributed by atoms with E-state index in [0.29, 0.717) is 36.3 Å². The van der Waals surface area contributed by atoms with Gasteiger partial charge in [-0.25, -0.2) is 4.39 Å². The molecule has 0 saturated heterocycles. The van der Waals surface area contributed by atoms with Crippen LogP contribution in [0.1, 0.15) is 46.4 Å². The average Bonchev–Trinajstić information content (AvgIpc) is 2.78. The number of hydrogen-bond acceptors (Lipinski definition) is 4. The maximum atomic E-state index is 14.4. The predicted molar refractivity (Wildman–Crippen MR) is 122 cm³/mol. The van der Waals surface area contributed by atoms with Gasteiger partial charge in [0.15, 0.2) is 0 Å². The van der Waals surface area contributed by atoms with Crippen molar-refractivity contribution >= 4 is 41.0 Å². The van der Waals surface area contributed by atoms with Crippen LogP contribution in [0.25, 0.3) is 0 Å². The molecule has 10 heteroatoms. The average molecular weight is 497 g/mol. The lowest BCUT2D eigenvalue weighted by Crippen LogP contribution is -2.35.